The molecule has 0 radical (unpaired) electrons. The average molecular weight is 340 g/mol. The summed E-state index contributed by atoms with van der Waals surface area (Å²) in [4.78, 5) is 17.9. The van der Waals surface area contributed by atoms with E-state index in [-0.39, 0.29) is 18.6 Å². The molecule has 1 fully saturated rings. The quantitative estimate of drug-likeness (QED) is 0.751. The van der Waals surface area contributed by atoms with Crippen molar-refractivity contribution in [1.82, 2.24) is 15.1 Å². The number of amides is 1. The van der Waals surface area contributed by atoms with Crippen LogP contribution in [0.4, 0.5) is 0 Å². The van der Waals surface area contributed by atoms with E-state index in [1.54, 1.807) is 11.3 Å². The van der Waals surface area contributed by atoms with Crippen molar-refractivity contribution >= 4 is 17.2 Å². The molecule has 0 aliphatic carbocycles. The third-order valence-electron chi connectivity index (χ3n) is 4.73. The van der Waals surface area contributed by atoms with Crippen molar-refractivity contribution in [3.05, 3.63) is 22.4 Å². The zero-order valence-corrected chi connectivity index (χ0v) is 15.0. The van der Waals surface area contributed by atoms with E-state index in [2.05, 4.69) is 15.1 Å². The van der Waals surface area contributed by atoms with Gasteiger partial charge < -0.3 is 15.3 Å². The van der Waals surface area contributed by atoms with Gasteiger partial charge in [-0.2, -0.15) is 0 Å². The molecule has 6 heteroatoms. The summed E-state index contributed by atoms with van der Waals surface area (Å²) in [7, 11) is 2.04. The molecule has 2 rings (SSSR count). The van der Waals surface area contributed by atoms with E-state index in [0.29, 0.717) is 12.5 Å². The van der Waals surface area contributed by atoms with E-state index < -0.39 is 0 Å². The maximum absolute atomic E-state index is 12.3. The van der Waals surface area contributed by atoms with Crippen molar-refractivity contribution in [2.75, 3.05) is 39.8 Å². The van der Waals surface area contributed by atoms with E-state index in [9.17, 15) is 4.79 Å². The number of nitrogens with one attached hydrogen (secondary N) is 1. The van der Waals surface area contributed by atoms with Gasteiger partial charge in [-0.05, 0) is 57.3 Å². The summed E-state index contributed by atoms with van der Waals surface area (Å²) in [5, 5.41) is 14.0. The zero-order chi connectivity index (χ0) is 16.7. The van der Waals surface area contributed by atoms with Crippen molar-refractivity contribution in [3.8, 4) is 0 Å². The van der Waals surface area contributed by atoms with Crippen LogP contribution in [0.15, 0.2) is 17.5 Å². The van der Waals surface area contributed by atoms with Crippen LogP contribution in [0.1, 0.15) is 24.6 Å². The smallest absolute Gasteiger partial charge is 0.237 e. The summed E-state index contributed by atoms with van der Waals surface area (Å²) in [5.41, 5.74) is 0. The first kappa shape index (κ1) is 18.4. The molecule has 1 atom stereocenters. The lowest BCUT2D eigenvalue weighted by Crippen LogP contribution is -2.46. The number of β-amino-alcohol motifs (C(OH)–C–C–N with tert-alkyl or cyclic N) is 1. The van der Waals surface area contributed by atoms with Gasteiger partial charge in [0.2, 0.25) is 5.91 Å². The molecule has 0 unspecified atom stereocenters. The van der Waals surface area contributed by atoms with Crippen LogP contribution in [0.2, 0.25) is 0 Å². The molecule has 1 aliphatic heterocycles. The number of likely N-dealkylation sites (tertiary alicyclic amines) is 1. The van der Waals surface area contributed by atoms with Crippen LogP contribution in [-0.2, 0) is 11.3 Å². The molecule has 1 aromatic rings. The third-order valence-corrected chi connectivity index (χ3v) is 5.60. The van der Waals surface area contributed by atoms with Crippen LogP contribution in [-0.4, -0.2) is 66.7 Å². The van der Waals surface area contributed by atoms with Gasteiger partial charge in [-0.3, -0.25) is 9.69 Å². The summed E-state index contributed by atoms with van der Waals surface area (Å²) < 4.78 is 0. The van der Waals surface area contributed by atoms with Crippen molar-refractivity contribution in [2.45, 2.75) is 32.4 Å². The number of aliphatic hydroxyl groups excluding tert-OH is 1. The first-order valence-corrected chi connectivity index (χ1v) is 9.31. The van der Waals surface area contributed by atoms with E-state index in [1.165, 1.54) is 4.88 Å². The first-order chi connectivity index (χ1) is 11.1. The Morgan fingerprint density at radius 2 is 2.26 bits per heavy atom. The Labute approximate surface area is 143 Å². The molecule has 130 valence electrons. The maximum Gasteiger partial charge on any atom is 0.237 e. The standard InChI is InChI=1S/C17H29N3O2S/c1-14(17(22)18-12-16-4-3-11-23-16)19(2)13-15-5-7-20(8-6-15)9-10-21/h3-4,11,14-15,21H,5-10,12-13H2,1-2H3,(H,18,22)/t14-/m1/s1. The first-order valence-electron chi connectivity index (χ1n) is 8.43. The highest BCUT2D eigenvalue weighted by molar-refractivity contribution is 7.09. The number of carbonyl (C=O) groups is 1. The SMILES string of the molecule is C[C@H](C(=O)NCc1cccs1)N(C)CC1CCN(CCO)CC1. The zero-order valence-electron chi connectivity index (χ0n) is 14.2. The maximum atomic E-state index is 12.3. The van der Waals surface area contributed by atoms with Gasteiger partial charge in [-0.1, -0.05) is 6.07 Å². The Bertz CT molecular complexity index is 458. The molecule has 0 saturated carbocycles. The fourth-order valence-corrected chi connectivity index (χ4v) is 3.68. The largest absolute Gasteiger partial charge is 0.395 e. The highest BCUT2D eigenvalue weighted by Gasteiger charge is 2.24. The number of nitrogens with zero attached hydrogens (tertiary/aromatic N) is 2. The molecule has 1 saturated heterocycles. The summed E-state index contributed by atoms with van der Waals surface area (Å²) in [6, 6.07) is 3.94. The molecule has 0 bridgehead atoms. The van der Waals surface area contributed by atoms with Gasteiger partial charge in [0.15, 0.2) is 0 Å². The lowest BCUT2D eigenvalue weighted by Gasteiger charge is -2.34. The van der Waals surface area contributed by atoms with Crippen molar-refractivity contribution in [1.29, 1.82) is 0 Å². The van der Waals surface area contributed by atoms with Gasteiger partial charge in [-0.25, -0.2) is 0 Å². The van der Waals surface area contributed by atoms with E-state index in [1.807, 2.05) is 31.5 Å². The number of hydrogen-bond acceptors (Lipinski definition) is 5. The molecule has 2 N–H and O–H groups in total. The van der Waals surface area contributed by atoms with Crippen molar-refractivity contribution in [3.63, 3.8) is 0 Å². The monoisotopic (exact) mass is 339 g/mol. The molecular weight excluding hydrogens is 310 g/mol. The highest BCUT2D eigenvalue weighted by Crippen LogP contribution is 2.18. The molecule has 1 aliphatic rings. The van der Waals surface area contributed by atoms with Crippen molar-refractivity contribution in [2.24, 2.45) is 5.92 Å². The predicted octanol–water partition coefficient (Wildman–Crippen LogP) is 1.39. The summed E-state index contributed by atoms with van der Waals surface area (Å²) in [5.74, 6) is 0.737. The van der Waals surface area contributed by atoms with Crippen LogP contribution >= 0.6 is 11.3 Å². The van der Waals surface area contributed by atoms with E-state index >= 15 is 0 Å². The van der Waals surface area contributed by atoms with Gasteiger partial charge in [0.1, 0.15) is 0 Å². The van der Waals surface area contributed by atoms with Gasteiger partial charge >= 0.3 is 0 Å². The Balaban J connectivity index is 1.69. The Morgan fingerprint density at radius 3 is 2.87 bits per heavy atom. The Hall–Kier alpha value is -0.950. The summed E-state index contributed by atoms with van der Waals surface area (Å²) in [6.07, 6.45) is 2.29. The molecular formula is C17H29N3O2S. The number of hydrogen-bond donors (Lipinski definition) is 2. The minimum absolute atomic E-state index is 0.0959. The lowest BCUT2D eigenvalue weighted by molar-refractivity contribution is -0.125. The normalized spacial score (nSPS) is 18.3. The number of piperidine rings is 1. The third kappa shape index (κ3) is 5.88. The fourth-order valence-electron chi connectivity index (χ4n) is 3.03. The number of carbonyl (C=O) groups excluding carboxylic acids is 1. The second-order valence-electron chi connectivity index (χ2n) is 6.42. The van der Waals surface area contributed by atoms with Crippen LogP contribution in [0.5, 0.6) is 0 Å². The van der Waals surface area contributed by atoms with Gasteiger partial charge in [0.05, 0.1) is 19.2 Å². The van der Waals surface area contributed by atoms with Crippen LogP contribution in [0, 0.1) is 5.92 Å². The molecule has 1 amide bonds. The average Bonchev–Trinajstić information content (AvgIpc) is 3.07. The lowest BCUT2D eigenvalue weighted by atomic mass is 9.96. The van der Waals surface area contributed by atoms with E-state index in [4.69, 9.17) is 5.11 Å². The topological polar surface area (TPSA) is 55.8 Å². The second-order valence-corrected chi connectivity index (χ2v) is 7.45. The van der Waals surface area contributed by atoms with Crippen LogP contribution in [0.3, 0.4) is 0 Å². The number of rotatable bonds is 8. The van der Waals surface area contributed by atoms with Crippen LogP contribution in [0.25, 0.3) is 0 Å². The summed E-state index contributed by atoms with van der Waals surface area (Å²) in [6.45, 7) is 6.69. The van der Waals surface area contributed by atoms with Gasteiger partial charge in [0.25, 0.3) is 0 Å². The number of likely N-dealkylation sites (N-methyl/N-ethyl adjacent to an activating group) is 1. The van der Waals surface area contributed by atoms with Crippen molar-refractivity contribution < 1.29 is 9.90 Å². The van der Waals surface area contributed by atoms with E-state index in [0.717, 1.165) is 39.0 Å². The molecule has 1 aromatic heterocycles. The molecule has 0 aromatic carbocycles. The molecule has 23 heavy (non-hydrogen) atoms. The Morgan fingerprint density at radius 1 is 1.52 bits per heavy atom. The van der Waals surface area contributed by atoms with Gasteiger partial charge in [-0.15, -0.1) is 11.3 Å². The predicted molar refractivity (Wildman–Crippen MR) is 94.5 cm³/mol. The van der Waals surface area contributed by atoms with Gasteiger partial charge in [0, 0.05) is 18.0 Å². The Kier molecular flexibility index (Phi) is 7.49. The molecule has 5 nitrogen and oxygen atoms in total. The minimum atomic E-state index is -0.106. The fraction of sp³-hybridized carbons (Fsp3) is 0.706. The minimum Gasteiger partial charge on any atom is -0.395 e. The number of aliphatic hydroxyl groups is 1. The molecule has 0 spiro atoms. The second kappa shape index (κ2) is 9.37. The molecule has 2 heterocycles. The summed E-state index contributed by atoms with van der Waals surface area (Å²) >= 11 is 1.67. The number of thiophene rings is 1. The van der Waals surface area contributed by atoms with Crippen LogP contribution < -0.4 is 5.32 Å². The highest BCUT2D eigenvalue weighted by atomic mass is 32.1.